The van der Waals surface area contributed by atoms with Crippen LogP contribution in [0.5, 0.6) is 0 Å². The van der Waals surface area contributed by atoms with Crippen LogP contribution in [0, 0.1) is 0 Å². The Balaban J connectivity index is 2.25. The van der Waals surface area contributed by atoms with E-state index in [9.17, 15) is 9.59 Å². The molecule has 0 radical (unpaired) electrons. The summed E-state index contributed by atoms with van der Waals surface area (Å²) in [7, 11) is 0. The van der Waals surface area contributed by atoms with E-state index in [1.165, 1.54) is 0 Å². The van der Waals surface area contributed by atoms with Crippen molar-refractivity contribution in [3.8, 4) is 0 Å². The molecule has 0 bridgehead atoms. The maximum atomic E-state index is 11.2. The maximum absolute atomic E-state index is 11.2. The number of carbonyl (C=O) groups excluding carboxylic acids is 2. The molecule has 1 amide bonds. The molecule has 4 heteroatoms. The molecular formula is C11H19NO3. The number of esters is 1. The van der Waals surface area contributed by atoms with E-state index in [2.05, 4.69) is 0 Å². The van der Waals surface area contributed by atoms with Gasteiger partial charge in [0.2, 0.25) is 5.91 Å². The topological polar surface area (TPSA) is 46.6 Å². The molecule has 1 aliphatic heterocycles. The molecule has 0 unspecified atom stereocenters. The van der Waals surface area contributed by atoms with E-state index < -0.39 is 0 Å². The summed E-state index contributed by atoms with van der Waals surface area (Å²) in [5.74, 6) is -0.00731. The third-order valence-corrected chi connectivity index (χ3v) is 2.64. The fourth-order valence-electron chi connectivity index (χ4n) is 1.74. The Labute approximate surface area is 90.6 Å². The molecule has 1 rings (SSSR count). The molecule has 86 valence electrons. The Bertz CT molecular complexity index is 232. The molecule has 15 heavy (non-hydrogen) atoms. The quantitative estimate of drug-likeness (QED) is 0.665. The summed E-state index contributed by atoms with van der Waals surface area (Å²) in [6, 6.07) is 0. The molecule has 0 aliphatic carbocycles. The van der Waals surface area contributed by atoms with Gasteiger partial charge < -0.3 is 9.64 Å². The molecule has 0 N–H and O–H groups in total. The van der Waals surface area contributed by atoms with E-state index in [0.717, 1.165) is 19.3 Å². The van der Waals surface area contributed by atoms with E-state index in [4.69, 9.17) is 4.74 Å². The number of carbonyl (C=O) groups is 2. The average molecular weight is 213 g/mol. The monoisotopic (exact) mass is 213 g/mol. The molecule has 0 aromatic heterocycles. The van der Waals surface area contributed by atoms with Crippen LogP contribution in [0.25, 0.3) is 0 Å². The zero-order chi connectivity index (χ0) is 11.3. The van der Waals surface area contributed by atoms with Crippen molar-refractivity contribution in [3.63, 3.8) is 0 Å². The lowest BCUT2D eigenvalue weighted by Crippen LogP contribution is -2.40. The minimum Gasteiger partial charge on any atom is -0.462 e. The predicted molar refractivity (Wildman–Crippen MR) is 56.3 cm³/mol. The normalized spacial score (nSPS) is 17.6. The number of amides is 1. The first kappa shape index (κ1) is 12.0. The number of nitrogens with zero attached hydrogens (tertiary/aromatic N) is 1. The summed E-state index contributed by atoms with van der Waals surface area (Å²) in [6.45, 7) is 4.95. The summed E-state index contributed by atoms with van der Waals surface area (Å²) in [6.07, 6.45) is 2.88. The van der Waals surface area contributed by atoms with Crippen LogP contribution in [0.3, 0.4) is 0 Å². The molecule has 0 aromatic rings. The van der Waals surface area contributed by atoms with Crippen LogP contribution in [0.15, 0.2) is 0 Å². The standard InChI is InChI=1S/C11H19NO3/c1-3-4-11(14)15-10-5-7-12(8-6-10)9(2)13/h10H,3-8H2,1-2H3. The fourth-order valence-corrected chi connectivity index (χ4v) is 1.74. The van der Waals surface area contributed by atoms with E-state index in [1.807, 2.05) is 6.92 Å². The van der Waals surface area contributed by atoms with E-state index >= 15 is 0 Å². The summed E-state index contributed by atoms with van der Waals surface area (Å²) in [5, 5.41) is 0. The van der Waals surface area contributed by atoms with Gasteiger partial charge in [-0.15, -0.1) is 0 Å². The number of hydrogen-bond donors (Lipinski definition) is 0. The van der Waals surface area contributed by atoms with Crippen LogP contribution in [-0.4, -0.2) is 36.0 Å². The van der Waals surface area contributed by atoms with Crippen molar-refractivity contribution < 1.29 is 14.3 Å². The van der Waals surface area contributed by atoms with Crippen molar-refractivity contribution >= 4 is 11.9 Å². The molecule has 1 aliphatic rings. The van der Waals surface area contributed by atoms with Gasteiger partial charge in [-0.3, -0.25) is 9.59 Å². The average Bonchev–Trinajstić information content (AvgIpc) is 2.18. The van der Waals surface area contributed by atoms with Gasteiger partial charge in [0, 0.05) is 39.3 Å². The third-order valence-electron chi connectivity index (χ3n) is 2.64. The lowest BCUT2D eigenvalue weighted by Gasteiger charge is -2.30. The lowest BCUT2D eigenvalue weighted by atomic mass is 10.1. The minimum atomic E-state index is -0.112. The van der Waals surface area contributed by atoms with Gasteiger partial charge in [-0.25, -0.2) is 0 Å². The molecule has 0 aromatic carbocycles. The molecule has 1 fully saturated rings. The largest absolute Gasteiger partial charge is 0.462 e. The summed E-state index contributed by atoms with van der Waals surface area (Å²) in [4.78, 5) is 24.1. The van der Waals surface area contributed by atoms with Gasteiger partial charge in [-0.1, -0.05) is 6.92 Å². The molecule has 0 atom stereocenters. The Kier molecular flexibility index (Phi) is 4.59. The first-order valence-electron chi connectivity index (χ1n) is 5.58. The van der Waals surface area contributed by atoms with Crippen molar-refractivity contribution in [1.29, 1.82) is 0 Å². The van der Waals surface area contributed by atoms with Crippen LogP contribution >= 0.6 is 0 Å². The van der Waals surface area contributed by atoms with Crippen LogP contribution in [-0.2, 0) is 14.3 Å². The Morgan fingerprint density at radius 3 is 2.40 bits per heavy atom. The van der Waals surface area contributed by atoms with Gasteiger partial charge in [-0.05, 0) is 6.42 Å². The van der Waals surface area contributed by atoms with Crippen molar-refractivity contribution in [2.24, 2.45) is 0 Å². The highest BCUT2D eigenvalue weighted by Gasteiger charge is 2.22. The minimum absolute atomic E-state index is 0.0136. The van der Waals surface area contributed by atoms with Gasteiger partial charge in [-0.2, -0.15) is 0 Å². The second kappa shape index (κ2) is 5.73. The van der Waals surface area contributed by atoms with E-state index in [1.54, 1.807) is 11.8 Å². The molecule has 1 heterocycles. The maximum Gasteiger partial charge on any atom is 0.306 e. The first-order valence-corrected chi connectivity index (χ1v) is 5.58. The van der Waals surface area contributed by atoms with Crippen LogP contribution in [0.4, 0.5) is 0 Å². The van der Waals surface area contributed by atoms with Gasteiger partial charge in [0.1, 0.15) is 6.10 Å². The van der Waals surface area contributed by atoms with E-state index in [-0.39, 0.29) is 18.0 Å². The lowest BCUT2D eigenvalue weighted by molar-refractivity contribution is -0.152. The number of piperidine rings is 1. The van der Waals surface area contributed by atoms with Crippen LogP contribution < -0.4 is 0 Å². The fraction of sp³-hybridized carbons (Fsp3) is 0.818. The third kappa shape index (κ3) is 3.90. The molecule has 0 spiro atoms. The second-order valence-corrected chi connectivity index (χ2v) is 3.95. The summed E-state index contributed by atoms with van der Waals surface area (Å²) in [5.41, 5.74) is 0. The summed E-state index contributed by atoms with van der Waals surface area (Å²) < 4.78 is 5.28. The van der Waals surface area contributed by atoms with Gasteiger partial charge in [0.15, 0.2) is 0 Å². The highest BCUT2D eigenvalue weighted by Crippen LogP contribution is 2.14. The Hall–Kier alpha value is -1.06. The predicted octanol–water partition coefficient (Wildman–Crippen LogP) is 1.34. The number of likely N-dealkylation sites (tertiary alicyclic amines) is 1. The molecule has 4 nitrogen and oxygen atoms in total. The number of hydrogen-bond acceptors (Lipinski definition) is 3. The van der Waals surface area contributed by atoms with Crippen molar-refractivity contribution in [2.45, 2.75) is 45.6 Å². The van der Waals surface area contributed by atoms with Crippen molar-refractivity contribution in [2.75, 3.05) is 13.1 Å². The van der Waals surface area contributed by atoms with Gasteiger partial charge in [0.05, 0.1) is 0 Å². The van der Waals surface area contributed by atoms with Gasteiger partial charge >= 0.3 is 5.97 Å². The van der Waals surface area contributed by atoms with Crippen molar-refractivity contribution in [1.82, 2.24) is 4.90 Å². The van der Waals surface area contributed by atoms with E-state index in [0.29, 0.717) is 19.5 Å². The van der Waals surface area contributed by atoms with Crippen LogP contribution in [0.2, 0.25) is 0 Å². The Morgan fingerprint density at radius 1 is 1.33 bits per heavy atom. The highest BCUT2D eigenvalue weighted by atomic mass is 16.5. The number of rotatable bonds is 3. The summed E-state index contributed by atoms with van der Waals surface area (Å²) >= 11 is 0. The number of ether oxygens (including phenoxy) is 1. The molecule has 1 saturated heterocycles. The highest BCUT2D eigenvalue weighted by molar-refractivity contribution is 5.73. The molecule has 0 saturated carbocycles. The zero-order valence-electron chi connectivity index (χ0n) is 9.49. The van der Waals surface area contributed by atoms with Crippen molar-refractivity contribution in [3.05, 3.63) is 0 Å². The zero-order valence-corrected chi connectivity index (χ0v) is 9.49. The van der Waals surface area contributed by atoms with Crippen LogP contribution in [0.1, 0.15) is 39.5 Å². The molecular weight excluding hydrogens is 194 g/mol. The Morgan fingerprint density at radius 2 is 1.93 bits per heavy atom. The first-order chi connectivity index (χ1) is 7.13. The SMILES string of the molecule is CCCC(=O)OC1CCN(C(C)=O)CC1. The smallest absolute Gasteiger partial charge is 0.306 e. The van der Waals surface area contributed by atoms with Gasteiger partial charge in [0.25, 0.3) is 0 Å². The second-order valence-electron chi connectivity index (χ2n) is 3.95.